The Morgan fingerprint density at radius 2 is 1.76 bits per heavy atom. The summed E-state index contributed by atoms with van der Waals surface area (Å²) in [5.74, 6) is 0.518. The Balaban J connectivity index is 1.34. The van der Waals surface area contributed by atoms with Crippen LogP contribution in [0.2, 0.25) is 0 Å². The van der Waals surface area contributed by atoms with E-state index in [0.29, 0.717) is 51.5 Å². The van der Waals surface area contributed by atoms with Gasteiger partial charge in [0.1, 0.15) is 5.82 Å². The van der Waals surface area contributed by atoms with E-state index in [-0.39, 0.29) is 11.8 Å². The van der Waals surface area contributed by atoms with Gasteiger partial charge in [0.05, 0.1) is 18.8 Å². The number of hydrogen-bond acceptors (Lipinski definition) is 5. The molecule has 0 radical (unpaired) electrons. The van der Waals surface area contributed by atoms with E-state index in [1.165, 1.54) is 6.07 Å². The molecule has 0 N–H and O–H groups in total. The van der Waals surface area contributed by atoms with Crippen LogP contribution >= 0.6 is 0 Å². The number of aromatic nitrogens is 1. The highest BCUT2D eigenvalue weighted by atomic mass is 19.4. The molecule has 4 rings (SSSR count). The van der Waals surface area contributed by atoms with E-state index in [1.54, 1.807) is 4.90 Å². The summed E-state index contributed by atoms with van der Waals surface area (Å²) < 4.78 is 43.7. The number of amides is 1. The first-order valence-corrected chi connectivity index (χ1v) is 11.3. The highest BCUT2D eigenvalue weighted by Gasteiger charge is 2.32. The fourth-order valence-corrected chi connectivity index (χ4v) is 4.50. The number of alkyl halides is 3. The lowest BCUT2D eigenvalue weighted by molar-refractivity contribution is -0.138. The third kappa shape index (κ3) is 5.58. The van der Waals surface area contributed by atoms with Crippen LogP contribution in [0.5, 0.6) is 0 Å². The SMILES string of the molecule is CN(Cc1ccccc1N1CCOCC1)C(=O)C1CCN(c2ccc(C(F)(F)F)cn2)CC1. The topological polar surface area (TPSA) is 48.9 Å². The molecule has 0 saturated carbocycles. The number of carbonyl (C=O) groups is 1. The van der Waals surface area contributed by atoms with Crippen molar-refractivity contribution in [3.05, 3.63) is 53.7 Å². The summed E-state index contributed by atoms with van der Waals surface area (Å²) in [5, 5.41) is 0. The normalized spacial score (nSPS) is 17.8. The van der Waals surface area contributed by atoms with E-state index in [4.69, 9.17) is 4.74 Å². The molecule has 2 aliphatic rings. The van der Waals surface area contributed by atoms with Crippen molar-refractivity contribution >= 4 is 17.4 Å². The molecule has 0 aliphatic carbocycles. The van der Waals surface area contributed by atoms with Crippen LogP contribution in [0, 0.1) is 5.92 Å². The van der Waals surface area contributed by atoms with Gasteiger partial charge in [0.15, 0.2) is 0 Å². The Morgan fingerprint density at radius 3 is 2.39 bits per heavy atom. The largest absolute Gasteiger partial charge is 0.417 e. The van der Waals surface area contributed by atoms with Gasteiger partial charge in [0, 0.05) is 57.6 Å². The monoisotopic (exact) mass is 462 g/mol. The predicted octanol–water partition coefficient (Wildman–Crippen LogP) is 3.81. The molecule has 0 unspecified atom stereocenters. The smallest absolute Gasteiger partial charge is 0.378 e. The van der Waals surface area contributed by atoms with E-state index in [0.717, 1.165) is 36.6 Å². The van der Waals surface area contributed by atoms with Crippen LogP contribution in [-0.4, -0.2) is 62.2 Å². The first-order chi connectivity index (χ1) is 15.8. The van der Waals surface area contributed by atoms with Crippen molar-refractivity contribution in [2.24, 2.45) is 5.92 Å². The molecular formula is C24H29F3N4O2. The summed E-state index contributed by atoms with van der Waals surface area (Å²) in [5.41, 5.74) is 1.50. The van der Waals surface area contributed by atoms with Gasteiger partial charge in [-0.1, -0.05) is 18.2 Å². The molecule has 0 spiro atoms. The maximum atomic E-state index is 13.1. The molecule has 1 aromatic heterocycles. The minimum Gasteiger partial charge on any atom is -0.378 e. The maximum Gasteiger partial charge on any atom is 0.417 e. The van der Waals surface area contributed by atoms with Crippen molar-refractivity contribution in [2.45, 2.75) is 25.6 Å². The van der Waals surface area contributed by atoms with Crippen LogP contribution in [0.1, 0.15) is 24.0 Å². The zero-order chi connectivity index (χ0) is 23.4. The standard InChI is InChI=1S/C24H29F3N4O2/c1-29(17-19-4-2-3-5-21(19)30-12-14-33-15-13-30)23(32)18-8-10-31(11-9-18)22-7-6-20(16-28-22)24(25,26)27/h2-7,16,18H,8-15,17H2,1H3. The van der Waals surface area contributed by atoms with Crippen LogP contribution in [0.25, 0.3) is 0 Å². The molecule has 178 valence electrons. The van der Waals surface area contributed by atoms with Crippen molar-refractivity contribution in [3.63, 3.8) is 0 Å². The molecule has 9 heteroatoms. The number of pyridine rings is 1. The van der Waals surface area contributed by atoms with E-state index in [2.05, 4.69) is 22.0 Å². The molecule has 1 amide bonds. The number of piperidine rings is 1. The molecule has 2 aromatic rings. The lowest BCUT2D eigenvalue weighted by Gasteiger charge is -2.35. The maximum absolute atomic E-state index is 13.1. The summed E-state index contributed by atoms with van der Waals surface area (Å²) in [6.45, 7) is 4.80. The molecule has 2 fully saturated rings. The van der Waals surface area contributed by atoms with Gasteiger partial charge in [0.2, 0.25) is 5.91 Å². The van der Waals surface area contributed by atoms with E-state index in [1.807, 2.05) is 24.1 Å². The second-order valence-electron chi connectivity index (χ2n) is 8.59. The second kappa shape index (κ2) is 9.99. The van der Waals surface area contributed by atoms with Gasteiger partial charge in [0.25, 0.3) is 0 Å². The molecule has 2 aliphatic heterocycles. The number of anilines is 2. The molecular weight excluding hydrogens is 433 g/mol. The van der Waals surface area contributed by atoms with Crippen molar-refractivity contribution in [2.75, 3.05) is 56.2 Å². The van der Waals surface area contributed by atoms with Crippen LogP contribution in [0.15, 0.2) is 42.6 Å². The number of nitrogens with zero attached hydrogens (tertiary/aromatic N) is 4. The third-order valence-electron chi connectivity index (χ3n) is 6.37. The van der Waals surface area contributed by atoms with Gasteiger partial charge in [-0.25, -0.2) is 4.98 Å². The molecule has 1 aromatic carbocycles. The van der Waals surface area contributed by atoms with Gasteiger partial charge in [-0.2, -0.15) is 13.2 Å². The Bertz CT molecular complexity index is 937. The molecule has 0 atom stereocenters. The van der Waals surface area contributed by atoms with Crippen LogP contribution in [0.4, 0.5) is 24.7 Å². The van der Waals surface area contributed by atoms with E-state index >= 15 is 0 Å². The minimum absolute atomic E-state index is 0.101. The highest BCUT2D eigenvalue weighted by molar-refractivity contribution is 5.79. The predicted molar refractivity (Wildman–Crippen MR) is 120 cm³/mol. The average Bonchev–Trinajstić information content (AvgIpc) is 2.84. The molecule has 2 saturated heterocycles. The number of halogens is 3. The fourth-order valence-electron chi connectivity index (χ4n) is 4.50. The number of benzene rings is 1. The first-order valence-electron chi connectivity index (χ1n) is 11.3. The van der Waals surface area contributed by atoms with E-state index in [9.17, 15) is 18.0 Å². The number of para-hydroxylation sites is 1. The van der Waals surface area contributed by atoms with Gasteiger partial charge >= 0.3 is 6.18 Å². The molecule has 0 bridgehead atoms. The number of morpholine rings is 1. The highest BCUT2D eigenvalue weighted by Crippen LogP contribution is 2.30. The van der Waals surface area contributed by atoms with Crippen LogP contribution < -0.4 is 9.80 Å². The lowest BCUT2D eigenvalue weighted by atomic mass is 9.95. The van der Waals surface area contributed by atoms with Crippen molar-refractivity contribution in [3.8, 4) is 0 Å². The zero-order valence-electron chi connectivity index (χ0n) is 18.7. The number of hydrogen-bond donors (Lipinski definition) is 0. The number of rotatable bonds is 5. The van der Waals surface area contributed by atoms with Gasteiger partial charge in [-0.3, -0.25) is 4.79 Å². The average molecular weight is 463 g/mol. The van der Waals surface area contributed by atoms with Crippen molar-refractivity contribution in [1.82, 2.24) is 9.88 Å². The number of carbonyl (C=O) groups excluding carboxylic acids is 1. The molecule has 6 nitrogen and oxygen atoms in total. The molecule has 33 heavy (non-hydrogen) atoms. The first kappa shape index (κ1) is 23.4. The second-order valence-corrected chi connectivity index (χ2v) is 8.59. The van der Waals surface area contributed by atoms with Crippen molar-refractivity contribution < 1.29 is 22.7 Å². The van der Waals surface area contributed by atoms with Gasteiger partial charge in [-0.15, -0.1) is 0 Å². The number of ether oxygens (including phenoxy) is 1. The minimum atomic E-state index is -4.39. The fraction of sp³-hybridized carbons (Fsp3) is 0.500. The quantitative estimate of drug-likeness (QED) is 0.677. The van der Waals surface area contributed by atoms with Gasteiger partial charge < -0.3 is 19.4 Å². The van der Waals surface area contributed by atoms with Gasteiger partial charge in [-0.05, 0) is 36.6 Å². The van der Waals surface area contributed by atoms with Crippen LogP contribution in [0.3, 0.4) is 0 Å². The Morgan fingerprint density at radius 1 is 1.06 bits per heavy atom. The van der Waals surface area contributed by atoms with E-state index < -0.39 is 11.7 Å². The zero-order valence-corrected chi connectivity index (χ0v) is 18.7. The Hall–Kier alpha value is -2.81. The third-order valence-corrected chi connectivity index (χ3v) is 6.37. The van der Waals surface area contributed by atoms with Crippen molar-refractivity contribution in [1.29, 1.82) is 0 Å². The Labute approximate surface area is 191 Å². The Kier molecular flexibility index (Phi) is 7.07. The summed E-state index contributed by atoms with van der Waals surface area (Å²) >= 11 is 0. The summed E-state index contributed by atoms with van der Waals surface area (Å²) in [6, 6.07) is 10.6. The molecule has 3 heterocycles. The van der Waals surface area contributed by atoms with Crippen LogP contribution in [-0.2, 0) is 22.3 Å². The summed E-state index contributed by atoms with van der Waals surface area (Å²) in [7, 11) is 1.84. The summed E-state index contributed by atoms with van der Waals surface area (Å²) in [6.07, 6.45) is -2.23. The summed E-state index contributed by atoms with van der Waals surface area (Å²) in [4.78, 5) is 23.1. The lowest BCUT2D eigenvalue weighted by Crippen LogP contribution is -2.41.